The Balaban J connectivity index is 1.79. The van der Waals surface area contributed by atoms with Gasteiger partial charge in [0.2, 0.25) is 0 Å². The van der Waals surface area contributed by atoms with Crippen molar-refractivity contribution in [3.05, 3.63) is 22.3 Å². The molecule has 1 saturated heterocycles. The topological polar surface area (TPSA) is 82.1 Å². The van der Waals surface area contributed by atoms with Crippen LogP contribution < -0.4 is 4.74 Å². The van der Waals surface area contributed by atoms with Gasteiger partial charge in [0.1, 0.15) is 11.5 Å². The molecule has 0 amide bonds. The number of hydrogen-bond acceptors (Lipinski definition) is 6. The predicted octanol–water partition coefficient (Wildman–Crippen LogP) is 9.59. The zero-order valence-electron chi connectivity index (χ0n) is 28.5. The second-order valence-corrected chi connectivity index (χ2v) is 14.5. The van der Waals surface area contributed by atoms with Crippen LogP contribution in [0.3, 0.4) is 0 Å². The van der Waals surface area contributed by atoms with Gasteiger partial charge < -0.3 is 19.3 Å². The normalized spacial score (nSPS) is 22.3. The Kier molecular flexibility index (Phi) is 12.8. The summed E-state index contributed by atoms with van der Waals surface area (Å²) < 4.78 is 19.3. The van der Waals surface area contributed by atoms with Crippen molar-refractivity contribution in [2.24, 2.45) is 17.8 Å². The van der Waals surface area contributed by atoms with Gasteiger partial charge in [-0.2, -0.15) is 0 Å². The maximum atomic E-state index is 13.2. The second kappa shape index (κ2) is 15.7. The monoisotopic (exact) mass is 600 g/mol. The molecule has 0 radical (unpaired) electrons. The molecular weight excluding hydrogens is 540 g/mol. The molecule has 0 bridgehead atoms. The van der Waals surface area contributed by atoms with Crippen LogP contribution in [0.25, 0.3) is 0 Å². The van der Waals surface area contributed by atoms with Crippen LogP contribution in [0, 0.1) is 38.5 Å². The van der Waals surface area contributed by atoms with E-state index < -0.39 is 11.4 Å². The molecule has 1 aromatic rings. The van der Waals surface area contributed by atoms with E-state index >= 15 is 0 Å². The first-order valence-electron chi connectivity index (χ1n) is 17.2. The zero-order valence-corrected chi connectivity index (χ0v) is 28.5. The molecule has 43 heavy (non-hydrogen) atoms. The summed E-state index contributed by atoms with van der Waals surface area (Å²) in [6.07, 6.45) is 14.1. The third-order valence-corrected chi connectivity index (χ3v) is 10.2. The molecule has 3 rings (SSSR count). The van der Waals surface area contributed by atoms with Gasteiger partial charge in [0.15, 0.2) is 5.60 Å². The molecule has 6 nitrogen and oxygen atoms in total. The first kappa shape index (κ1) is 35.2. The SMILES string of the molecule is Cc1c(C)c2c(c(C)c1O)CC1(OC(=O)CCCCCCC(=O)O1)[C@](C)(CCC[C@H](C)CCC[C@@H](C)CCCC(C)C)O2. The van der Waals surface area contributed by atoms with Gasteiger partial charge in [0.05, 0.1) is 6.42 Å². The minimum absolute atomic E-state index is 0.168. The quantitative estimate of drug-likeness (QED) is 0.241. The van der Waals surface area contributed by atoms with E-state index in [4.69, 9.17) is 14.2 Å². The second-order valence-electron chi connectivity index (χ2n) is 14.5. The minimum Gasteiger partial charge on any atom is -0.507 e. The lowest BCUT2D eigenvalue weighted by atomic mass is 9.78. The third kappa shape index (κ3) is 9.14. The van der Waals surface area contributed by atoms with Gasteiger partial charge in [0, 0.05) is 18.4 Å². The molecule has 0 saturated carbocycles. The lowest BCUT2D eigenvalue weighted by Crippen LogP contribution is -2.64. The van der Waals surface area contributed by atoms with Crippen LogP contribution in [0.4, 0.5) is 0 Å². The molecular formula is C37H60O6. The van der Waals surface area contributed by atoms with E-state index in [1.807, 2.05) is 27.7 Å². The number of esters is 2. The molecule has 0 unspecified atom stereocenters. The first-order valence-corrected chi connectivity index (χ1v) is 17.2. The number of phenols is 1. The maximum absolute atomic E-state index is 13.2. The Morgan fingerprint density at radius 2 is 1.21 bits per heavy atom. The van der Waals surface area contributed by atoms with E-state index in [-0.39, 0.29) is 37.0 Å². The first-order chi connectivity index (χ1) is 20.3. The number of carbonyl (C=O) groups excluding carboxylic acids is 2. The van der Waals surface area contributed by atoms with Gasteiger partial charge in [-0.3, -0.25) is 9.59 Å². The Labute approximate surface area is 261 Å². The van der Waals surface area contributed by atoms with Crippen LogP contribution in [0.15, 0.2) is 0 Å². The standard InChI is InChI=1S/C37H60O6/c1-25(2)16-13-17-26(3)18-14-19-27(4)20-15-23-36(8)37(41-32(38)21-11-9-10-12-22-33(39)42-37)24-31-30(7)34(40)28(5)29(6)35(31)43-36/h25-27,40H,9-24H2,1-8H3/t26-,27+,36-/m0/s1. The van der Waals surface area contributed by atoms with Crippen molar-refractivity contribution in [1.29, 1.82) is 0 Å². The van der Waals surface area contributed by atoms with Crippen LogP contribution in [-0.4, -0.2) is 28.4 Å². The Morgan fingerprint density at radius 3 is 1.74 bits per heavy atom. The molecule has 0 aromatic heterocycles. The van der Waals surface area contributed by atoms with E-state index in [1.165, 1.54) is 38.5 Å². The summed E-state index contributed by atoms with van der Waals surface area (Å²) in [4.78, 5) is 26.4. The smallest absolute Gasteiger partial charge is 0.309 e. The van der Waals surface area contributed by atoms with Gasteiger partial charge >= 0.3 is 11.9 Å². The molecule has 2 aliphatic heterocycles. The zero-order chi connectivity index (χ0) is 31.8. The van der Waals surface area contributed by atoms with Gasteiger partial charge in [0.25, 0.3) is 5.79 Å². The summed E-state index contributed by atoms with van der Waals surface area (Å²) in [5, 5.41) is 10.9. The highest BCUT2D eigenvalue weighted by Crippen LogP contribution is 2.50. The minimum atomic E-state index is -1.59. The van der Waals surface area contributed by atoms with Gasteiger partial charge in [-0.25, -0.2) is 0 Å². The fraction of sp³-hybridized carbons (Fsp3) is 0.784. The summed E-state index contributed by atoms with van der Waals surface area (Å²) >= 11 is 0. The van der Waals surface area contributed by atoms with Crippen molar-refractivity contribution in [3.8, 4) is 11.5 Å². The number of rotatable bonds is 12. The number of benzene rings is 1. The molecule has 2 heterocycles. The maximum Gasteiger partial charge on any atom is 0.309 e. The highest BCUT2D eigenvalue weighted by molar-refractivity contribution is 5.73. The van der Waals surface area contributed by atoms with Crippen molar-refractivity contribution >= 4 is 11.9 Å². The summed E-state index contributed by atoms with van der Waals surface area (Å²) in [6, 6.07) is 0. The van der Waals surface area contributed by atoms with Gasteiger partial charge in [-0.15, -0.1) is 0 Å². The number of fused-ring (bicyclic) bond motifs is 1. The van der Waals surface area contributed by atoms with E-state index in [9.17, 15) is 14.7 Å². The number of phenolic OH excluding ortho intramolecular Hbond substituents is 1. The van der Waals surface area contributed by atoms with Gasteiger partial charge in [-0.05, 0) is 87.8 Å². The Hall–Kier alpha value is -2.24. The molecule has 244 valence electrons. The summed E-state index contributed by atoms with van der Waals surface area (Å²) in [5.41, 5.74) is 1.99. The van der Waals surface area contributed by atoms with Gasteiger partial charge in [-0.1, -0.05) is 85.5 Å². The molecule has 1 spiro atoms. The number of ether oxygens (including phenoxy) is 3. The van der Waals surface area contributed by atoms with E-state index in [2.05, 4.69) is 27.7 Å². The Morgan fingerprint density at radius 1 is 0.698 bits per heavy atom. The molecule has 0 aliphatic carbocycles. The average Bonchev–Trinajstić information content (AvgIpc) is 2.96. The fourth-order valence-corrected chi connectivity index (χ4v) is 6.92. The third-order valence-electron chi connectivity index (χ3n) is 10.2. The Bertz CT molecular complexity index is 1070. The molecule has 3 atom stereocenters. The molecule has 1 fully saturated rings. The average molecular weight is 601 g/mol. The highest BCUT2D eigenvalue weighted by Gasteiger charge is 2.60. The highest BCUT2D eigenvalue weighted by atomic mass is 16.8. The van der Waals surface area contributed by atoms with Crippen molar-refractivity contribution < 1.29 is 28.9 Å². The molecule has 2 aliphatic rings. The van der Waals surface area contributed by atoms with Crippen molar-refractivity contribution in [2.75, 3.05) is 0 Å². The number of hydrogen-bond donors (Lipinski definition) is 1. The molecule has 1 N–H and O–H groups in total. The van der Waals surface area contributed by atoms with Crippen LogP contribution in [-0.2, 0) is 25.5 Å². The van der Waals surface area contributed by atoms with E-state index in [1.54, 1.807) is 0 Å². The fourth-order valence-electron chi connectivity index (χ4n) is 6.92. The molecule has 6 heteroatoms. The largest absolute Gasteiger partial charge is 0.507 e. The number of carbonyl (C=O) groups is 2. The summed E-state index contributed by atoms with van der Waals surface area (Å²) in [6.45, 7) is 16.9. The van der Waals surface area contributed by atoms with E-state index in [0.29, 0.717) is 23.7 Å². The van der Waals surface area contributed by atoms with Crippen molar-refractivity contribution in [1.82, 2.24) is 0 Å². The van der Waals surface area contributed by atoms with Crippen LogP contribution in [0.1, 0.15) is 153 Å². The van der Waals surface area contributed by atoms with Crippen LogP contribution in [0.5, 0.6) is 11.5 Å². The predicted molar refractivity (Wildman–Crippen MR) is 172 cm³/mol. The summed E-state index contributed by atoms with van der Waals surface area (Å²) in [5.74, 6) is 0.718. The lowest BCUT2D eigenvalue weighted by molar-refractivity contribution is -0.290. The van der Waals surface area contributed by atoms with Crippen LogP contribution >= 0.6 is 0 Å². The molecule has 1 aromatic carbocycles. The van der Waals surface area contributed by atoms with E-state index in [0.717, 1.165) is 67.1 Å². The summed E-state index contributed by atoms with van der Waals surface area (Å²) in [7, 11) is 0. The van der Waals surface area contributed by atoms with Crippen LogP contribution in [0.2, 0.25) is 0 Å². The van der Waals surface area contributed by atoms with Crippen molar-refractivity contribution in [2.45, 2.75) is 170 Å². The lowest BCUT2D eigenvalue weighted by Gasteiger charge is -2.50. The number of aromatic hydroxyl groups is 1. The van der Waals surface area contributed by atoms with Crippen molar-refractivity contribution in [3.63, 3.8) is 0 Å².